The molecule has 1 fully saturated rings. The molecular weight excluding hydrogens is 299 g/mol. The zero-order chi connectivity index (χ0) is 14.5. The van der Waals surface area contributed by atoms with Gasteiger partial charge in [-0.05, 0) is 24.8 Å². The van der Waals surface area contributed by atoms with Crippen molar-refractivity contribution in [3.63, 3.8) is 0 Å². The van der Waals surface area contributed by atoms with Crippen LogP contribution in [-0.2, 0) is 0 Å². The third-order valence-corrected chi connectivity index (χ3v) is 3.97. The highest BCUT2D eigenvalue weighted by molar-refractivity contribution is 6.34. The van der Waals surface area contributed by atoms with Gasteiger partial charge < -0.3 is 5.32 Å². The van der Waals surface area contributed by atoms with Crippen molar-refractivity contribution in [1.29, 1.82) is 5.26 Å². The van der Waals surface area contributed by atoms with E-state index in [1.165, 1.54) is 12.5 Å². The average molecular weight is 313 g/mol. The standard InChI is InChI=1S/C13H14Cl2N4O/c14-11-6-9(12(15)19-18-11)13(20)17-10(7-16)8-4-2-1-3-5-8/h6,8,10H,1-5H2,(H,17,20). The Balaban J connectivity index is 2.09. The van der Waals surface area contributed by atoms with E-state index in [0.29, 0.717) is 0 Å². The fourth-order valence-corrected chi connectivity index (χ4v) is 2.78. The Morgan fingerprint density at radius 3 is 2.70 bits per heavy atom. The second-order valence-corrected chi connectivity index (χ2v) is 5.60. The predicted molar refractivity (Wildman–Crippen MR) is 75.5 cm³/mol. The van der Waals surface area contributed by atoms with Crippen LogP contribution < -0.4 is 5.32 Å². The first-order chi connectivity index (χ1) is 9.61. The first-order valence-corrected chi connectivity index (χ1v) is 7.26. The molecular formula is C13H14Cl2N4O. The first kappa shape index (κ1) is 15.0. The highest BCUT2D eigenvalue weighted by Gasteiger charge is 2.26. The van der Waals surface area contributed by atoms with E-state index in [9.17, 15) is 10.1 Å². The van der Waals surface area contributed by atoms with Crippen LogP contribution in [0.2, 0.25) is 10.3 Å². The van der Waals surface area contributed by atoms with E-state index >= 15 is 0 Å². The Hall–Kier alpha value is -1.38. The summed E-state index contributed by atoms with van der Waals surface area (Å²) < 4.78 is 0. The number of carbonyl (C=O) groups is 1. The zero-order valence-electron chi connectivity index (χ0n) is 10.8. The second-order valence-electron chi connectivity index (χ2n) is 4.85. The molecule has 1 atom stereocenters. The van der Waals surface area contributed by atoms with Gasteiger partial charge in [0.05, 0.1) is 11.6 Å². The second kappa shape index (κ2) is 6.87. The molecule has 0 aliphatic heterocycles. The highest BCUT2D eigenvalue weighted by atomic mass is 35.5. The minimum atomic E-state index is -0.509. The predicted octanol–water partition coefficient (Wildman–Crippen LogP) is 2.99. The molecule has 1 N–H and O–H groups in total. The molecule has 1 unspecified atom stereocenters. The lowest BCUT2D eigenvalue weighted by atomic mass is 9.84. The summed E-state index contributed by atoms with van der Waals surface area (Å²) in [5, 5.41) is 19.2. The molecule has 1 saturated carbocycles. The summed E-state index contributed by atoms with van der Waals surface area (Å²) in [7, 11) is 0. The average Bonchev–Trinajstić information content (AvgIpc) is 2.48. The number of nitrogens with zero attached hydrogens (tertiary/aromatic N) is 3. The van der Waals surface area contributed by atoms with Crippen molar-refractivity contribution in [2.24, 2.45) is 5.92 Å². The number of carbonyl (C=O) groups excluding carboxylic acids is 1. The minimum Gasteiger partial charge on any atom is -0.336 e. The lowest BCUT2D eigenvalue weighted by Gasteiger charge is -2.26. The van der Waals surface area contributed by atoms with Gasteiger partial charge in [0.2, 0.25) is 0 Å². The quantitative estimate of drug-likeness (QED) is 0.930. The summed E-state index contributed by atoms with van der Waals surface area (Å²) >= 11 is 11.5. The van der Waals surface area contributed by atoms with Gasteiger partial charge in [-0.25, -0.2) is 0 Å². The van der Waals surface area contributed by atoms with Gasteiger partial charge in [0.25, 0.3) is 5.91 Å². The van der Waals surface area contributed by atoms with Gasteiger partial charge in [-0.1, -0.05) is 42.5 Å². The van der Waals surface area contributed by atoms with E-state index in [1.807, 2.05) is 0 Å². The van der Waals surface area contributed by atoms with Crippen molar-refractivity contribution in [3.8, 4) is 6.07 Å². The van der Waals surface area contributed by atoms with Crippen LogP contribution >= 0.6 is 23.2 Å². The largest absolute Gasteiger partial charge is 0.336 e. The summed E-state index contributed by atoms with van der Waals surface area (Å²) in [5.41, 5.74) is 0.141. The van der Waals surface area contributed by atoms with Crippen LogP contribution in [0.4, 0.5) is 0 Å². The number of hydrogen-bond donors (Lipinski definition) is 1. The molecule has 1 heterocycles. The molecule has 1 aromatic heterocycles. The maximum absolute atomic E-state index is 12.2. The molecule has 0 saturated heterocycles. The maximum Gasteiger partial charge on any atom is 0.255 e. The Labute approximate surface area is 127 Å². The van der Waals surface area contributed by atoms with E-state index < -0.39 is 11.9 Å². The summed E-state index contributed by atoms with van der Waals surface area (Å²) in [5.74, 6) is -0.245. The molecule has 0 spiro atoms. The topological polar surface area (TPSA) is 78.7 Å². The van der Waals surface area contributed by atoms with Crippen molar-refractivity contribution in [2.45, 2.75) is 38.1 Å². The molecule has 20 heavy (non-hydrogen) atoms. The molecule has 7 heteroatoms. The molecule has 5 nitrogen and oxygen atoms in total. The number of hydrogen-bond acceptors (Lipinski definition) is 4. The van der Waals surface area contributed by atoms with E-state index in [2.05, 4.69) is 21.6 Å². The molecule has 1 aliphatic carbocycles. The van der Waals surface area contributed by atoms with E-state index in [0.717, 1.165) is 25.7 Å². The lowest BCUT2D eigenvalue weighted by molar-refractivity contribution is 0.0928. The molecule has 0 radical (unpaired) electrons. The maximum atomic E-state index is 12.2. The minimum absolute atomic E-state index is 0.0211. The van der Waals surface area contributed by atoms with Gasteiger partial charge in [0.15, 0.2) is 10.3 Å². The van der Waals surface area contributed by atoms with Crippen LogP contribution in [0.3, 0.4) is 0 Å². The van der Waals surface area contributed by atoms with Gasteiger partial charge >= 0.3 is 0 Å². The van der Waals surface area contributed by atoms with Gasteiger partial charge in [0.1, 0.15) is 6.04 Å². The van der Waals surface area contributed by atoms with Crippen LogP contribution in [0, 0.1) is 17.2 Å². The summed E-state index contributed by atoms with van der Waals surface area (Å²) in [6.07, 6.45) is 5.31. The van der Waals surface area contributed by atoms with Crippen molar-refractivity contribution in [2.75, 3.05) is 0 Å². The molecule has 2 rings (SSSR count). The van der Waals surface area contributed by atoms with Crippen LogP contribution in [0.1, 0.15) is 42.5 Å². The van der Waals surface area contributed by atoms with Crippen molar-refractivity contribution < 1.29 is 4.79 Å². The monoisotopic (exact) mass is 312 g/mol. The van der Waals surface area contributed by atoms with Crippen molar-refractivity contribution in [1.82, 2.24) is 15.5 Å². The molecule has 1 aliphatic rings. The van der Waals surface area contributed by atoms with Crippen LogP contribution in [0.25, 0.3) is 0 Å². The number of nitrogens with one attached hydrogen (secondary N) is 1. The molecule has 1 amide bonds. The van der Waals surface area contributed by atoms with Gasteiger partial charge in [-0.15, -0.1) is 10.2 Å². The van der Waals surface area contributed by atoms with Crippen LogP contribution in [0.5, 0.6) is 0 Å². The van der Waals surface area contributed by atoms with E-state index in [-0.39, 0.29) is 21.8 Å². The third-order valence-electron chi connectivity index (χ3n) is 3.51. The highest BCUT2D eigenvalue weighted by Crippen LogP contribution is 2.26. The van der Waals surface area contributed by atoms with E-state index in [1.54, 1.807) is 0 Å². The molecule has 0 bridgehead atoms. The van der Waals surface area contributed by atoms with Gasteiger partial charge in [-0.3, -0.25) is 4.79 Å². The normalized spacial score (nSPS) is 17.2. The molecule has 0 aromatic carbocycles. The number of halogens is 2. The lowest BCUT2D eigenvalue weighted by Crippen LogP contribution is -2.40. The van der Waals surface area contributed by atoms with Crippen molar-refractivity contribution >= 4 is 29.1 Å². The Morgan fingerprint density at radius 1 is 1.35 bits per heavy atom. The number of amides is 1. The fraction of sp³-hybridized carbons (Fsp3) is 0.538. The van der Waals surface area contributed by atoms with E-state index in [4.69, 9.17) is 23.2 Å². The molecule has 106 valence electrons. The van der Waals surface area contributed by atoms with Gasteiger partial charge in [-0.2, -0.15) is 5.26 Å². The fourth-order valence-electron chi connectivity index (χ4n) is 2.45. The SMILES string of the molecule is N#CC(NC(=O)c1cc(Cl)nnc1Cl)C1CCCCC1. The Kier molecular flexibility index (Phi) is 5.16. The Bertz CT molecular complexity index is 538. The first-order valence-electron chi connectivity index (χ1n) is 6.51. The molecule has 1 aromatic rings. The van der Waals surface area contributed by atoms with Crippen LogP contribution in [0.15, 0.2) is 6.07 Å². The smallest absolute Gasteiger partial charge is 0.255 e. The summed E-state index contributed by atoms with van der Waals surface area (Å²) in [6.45, 7) is 0. The summed E-state index contributed by atoms with van der Waals surface area (Å²) in [6, 6.07) is 3.00. The number of nitriles is 1. The van der Waals surface area contributed by atoms with Gasteiger partial charge in [0, 0.05) is 0 Å². The van der Waals surface area contributed by atoms with Crippen LogP contribution in [-0.4, -0.2) is 22.1 Å². The third kappa shape index (κ3) is 3.59. The number of rotatable bonds is 3. The zero-order valence-corrected chi connectivity index (χ0v) is 12.3. The number of aromatic nitrogens is 2. The Morgan fingerprint density at radius 2 is 2.05 bits per heavy atom. The summed E-state index contributed by atoms with van der Waals surface area (Å²) in [4.78, 5) is 12.2. The van der Waals surface area contributed by atoms with Crippen molar-refractivity contribution in [3.05, 3.63) is 21.9 Å².